The molecule has 1 unspecified atom stereocenters. The van der Waals surface area contributed by atoms with Crippen molar-refractivity contribution in [2.45, 2.75) is 57.0 Å². The maximum atomic E-state index is 12.7. The van der Waals surface area contributed by atoms with Gasteiger partial charge in [0.1, 0.15) is 0 Å². The smallest absolute Gasteiger partial charge is 0.240 e. The Morgan fingerprint density at radius 3 is 2.60 bits per heavy atom. The van der Waals surface area contributed by atoms with Gasteiger partial charge in [0.15, 0.2) is 0 Å². The highest BCUT2D eigenvalue weighted by Gasteiger charge is 2.41. The second kappa shape index (κ2) is 5.57. The van der Waals surface area contributed by atoms with Gasteiger partial charge in [-0.15, -0.1) is 0 Å². The van der Waals surface area contributed by atoms with Crippen LogP contribution < -0.4 is 10.6 Å². The number of carbonyl (C=O) groups excluding carboxylic acids is 1. The molecule has 1 atom stereocenters. The number of hydrogen-bond acceptors (Lipinski definition) is 2. The Morgan fingerprint density at radius 2 is 2.05 bits per heavy atom. The van der Waals surface area contributed by atoms with Crippen LogP contribution in [0.5, 0.6) is 0 Å². The Bertz CT molecular complexity index is 467. The van der Waals surface area contributed by atoms with Crippen LogP contribution in [-0.4, -0.2) is 24.0 Å². The molecule has 1 fully saturated rings. The summed E-state index contributed by atoms with van der Waals surface area (Å²) in [5.74, 6) is 0.217. The Hall–Kier alpha value is -1.35. The molecule has 108 valence electrons. The van der Waals surface area contributed by atoms with Crippen LogP contribution in [0.3, 0.4) is 0 Å². The second-order valence-electron chi connectivity index (χ2n) is 6.21. The first kappa shape index (κ1) is 13.6. The molecular formula is C17H24N2O. The SMILES string of the molecule is CCCC1(C(=O)NC2Cc3ccccc3C2)CCCN1. The topological polar surface area (TPSA) is 41.1 Å². The number of fused-ring (bicyclic) bond motifs is 1. The first-order chi connectivity index (χ1) is 9.73. The normalized spacial score (nSPS) is 25.6. The van der Waals surface area contributed by atoms with Gasteiger partial charge in [-0.1, -0.05) is 37.6 Å². The monoisotopic (exact) mass is 272 g/mol. The summed E-state index contributed by atoms with van der Waals surface area (Å²) in [4.78, 5) is 12.7. The van der Waals surface area contributed by atoms with E-state index >= 15 is 0 Å². The fourth-order valence-electron chi connectivity index (χ4n) is 3.74. The zero-order valence-corrected chi connectivity index (χ0v) is 12.2. The second-order valence-corrected chi connectivity index (χ2v) is 6.21. The number of carbonyl (C=O) groups is 1. The van der Waals surface area contributed by atoms with Crippen LogP contribution in [0.4, 0.5) is 0 Å². The van der Waals surface area contributed by atoms with E-state index in [1.54, 1.807) is 0 Å². The lowest BCUT2D eigenvalue weighted by Gasteiger charge is -2.29. The molecule has 0 aromatic heterocycles. The molecule has 0 radical (unpaired) electrons. The largest absolute Gasteiger partial charge is 0.351 e. The van der Waals surface area contributed by atoms with Crippen LogP contribution in [0.25, 0.3) is 0 Å². The van der Waals surface area contributed by atoms with Crippen molar-refractivity contribution < 1.29 is 4.79 Å². The Kier molecular flexibility index (Phi) is 3.79. The summed E-state index contributed by atoms with van der Waals surface area (Å²) in [6, 6.07) is 8.80. The molecule has 2 N–H and O–H groups in total. The summed E-state index contributed by atoms with van der Waals surface area (Å²) in [6.07, 6.45) is 6.03. The van der Waals surface area contributed by atoms with E-state index in [4.69, 9.17) is 0 Å². The maximum absolute atomic E-state index is 12.7. The van der Waals surface area contributed by atoms with Crippen molar-refractivity contribution in [2.24, 2.45) is 0 Å². The van der Waals surface area contributed by atoms with E-state index in [-0.39, 0.29) is 17.5 Å². The van der Waals surface area contributed by atoms with E-state index in [0.29, 0.717) is 0 Å². The van der Waals surface area contributed by atoms with Gasteiger partial charge in [0.05, 0.1) is 5.54 Å². The fraction of sp³-hybridized carbons (Fsp3) is 0.588. The van der Waals surface area contributed by atoms with Crippen molar-refractivity contribution in [1.82, 2.24) is 10.6 Å². The summed E-state index contributed by atoms with van der Waals surface area (Å²) in [5.41, 5.74) is 2.48. The maximum Gasteiger partial charge on any atom is 0.240 e. The molecule has 1 aromatic carbocycles. The van der Waals surface area contributed by atoms with Crippen molar-refractivity contribution >= 4 is 5.91 Å². The minimum absolute atomic E-state index is 0.217. The van der Waals surface area contributed by atoms with Gasteiger partial charge in [0, 0.05) is 6.04 Å². The lowest BCUT2D eigenvalue weighted by molar-refractivity contribution is -0.128. The van der Waals surface area contributed by atoms with Gasteiger partial charge in [-0.3, -0.25) is 4.79 Å². The number of nitrogens with one attached hydrogen (secondary N) is 2. The molecule has 1 aliphatic heterocycles. The third-order valence-corrected chi connectivity index (χ3v) is 4.74. The van der Waals surface area contributed by atoms with Crippen molar-refractivity contribution in [3.8, 4) is 0 Å². The van der Waals surface area contributed by atoms with Crippen molar-refractivity contribution in [3.05, 3.63) is 35.4 Å². The highest BCUT2D eigenvalue weighted by Crippen LogP contribution is 2.27. The molecule has 20 heavy (non-hydrogen) atoms. The van der Waals surface area contributed by atoms with Gasteiger partial charge in [0.2, 0.25) is 5.91 Å². The predicted octanol–water partition coefficient (Wildman–Crippen LogP) is 2.19. The summed E-state index contributed by atoms with van der Waals surface area (Å²) >= 11 is 0. The lowest BCUT2D eigenvalue weighted by Crippen LogP contribution is -2.55. The van der Waals surface area contributed by atoms with Gasteiger partial charge in [-0.25, -0.2) is 0 Å². The van der Waals surface area contributed by atoms with Crippen LogP contribution in [0.1, 0.15) is 43.7 Å². The minimum atomic E-state index is -0.302. The van der Waals surface area contributed by atoms with Crippen molar-refractivity contribution in [1.29, 1.82) is 0 Å². The standard InChI is InChI=1S/C17H24N2O/c1-2-8-17(9-5-10-18-17)16(20)19-15-11-13-6-3-4-7-14(13)12-15/h3-4,6-7,15,18H,2,5,8-12H2,1H3,(H,19,20). The van der Waals surface area contributed by atoms with Crippen LogP contribution in [-0.2, 0) is 17.6 Å². The van der Waals surface area contributed by atoms with Crippen molar-refractivity contribution in [2.75, 3.05) is 6.54 Å². The summed E-state index contributed by atoms with van der Waals surface area (Å²) in [6.45, 7) is 3.12. The average Bonchev–Trinajstić information content (AvgIpc) is 3.05. The van der Waals surface area contributed by atoms with Gasteiger partial charge >= 0.3 is 0 Å². The predicted molar refractivity (Wildman–Crippen MR) is 80.7 cm³/mol. The van der Waals surface area contributed by atoms with Crippen LogP contribution in [0.15, 0.2) is 24.3 Å². The van der Waals surface area contributed by atoms with Crippen LogP contribution >= 0.6 is 0 Å². The van der Waals surface area contributed by atoms with Gasteiger partial charge < -0.3 is 10.6 Å². The van der Waals surface area contributed by atoms with E-state index in [9.17, 15) is 4.79 Å². The molecule has 1 heterocycles. The summed E-state index contributed by atoms with van der Waals surface area (Å²) in [7, 11) is 0. The van der Waals surface area contributed by atoms with Crippen LogP contribution in [0, 0.1) is 0 Å². The van der Waals surface area contributed by atoms with E-state index in [0.717, 1.165) is 45.1 Å². The third-order valence-electron chi connectivity index (χ3n) is 4.74. The first-order valence-electron chi connectivity index (χ1n) is 7.86. The van der Waals surface area contributed by atoms with E-state index in [1.165, 1.54) is 11.1 Å². The number of hydrogen-bond donors (Lipinski definition) is 2. The molecule has 1 aliphatic carbocycles. The van der Waals surface area contributed by atoms with Crippen molar-refractivity contribution in [3.63, 3.8) is 0 Å². The quantitative estimate of drug-likeness (QED) is 0.882. The molecule has 3 rings (SSSR count). The molecule has 1 amide bonds. The summed E-state index contributed by atoms with van der Waals surface area (Å²) < 4.78 is 0. The third kappa shape index (κ3) is 2.47. The highest BCUT2D eigenvalue weighted by molar-refractivity contribution is 5.87. The summed E-state index contributed by atoms with van der Waals surface area (Å²) in [5, 5.41) is 6.75. The average molecular weight is 272 g/mol. The molecule has 0 spiro atoms. The lowest BCUT2D eigenvalue weighted by atomic mass is 9.90. The molecule has 1 aromatic rings. The van der Waals surface area contributed by atoms with E-state index < -0.39 is 0 Å². The molecule has 0 bridgehead atoms. The molecule has 1 saturated heterocycles. The Labute approximate surface area is 121 Å². The highest BCUT2D eigenvalue weighted by atomic mass is 16.2. The first-order valence-corrected chi connectivity index (χ1v) is 7.86. The van der Waals surface area contributed by atoms with E-state index in [2.05, 4.69) is 41.8 Å². The number of rotatable bonds is 4. The van der Waals surface area contributed by atoms with Gasteiger partial charge in [0.25, 0.3) is 0 Å². The zero-order valence-electron chi connectivity index (χ0n) is 12.2. The van der Waals surface area contributed by atoms with Gasteiger partial charge in [-0.2, -0.15) is 0 Å². The minimum Gasteiger partial charge on any atom is -0.351 e. The number of amides is 1. The Morgan fingerprint density at radius 1 is 1.35 bits per heavy atom. The molecule has 3 heteroatoms. The molecule has 0 saturated carbocycles. The van der Waals surface area contributed by atoms with Gasteiger partial charge in [-0.05, 0) is 49.8 Å². The van der Waals surface area contributed by atoms with Crippen LogP contribution in [0.2, 0.25) is 0 Å². The van der Waals surface area contributed by atoms with E-state index in [1.807, 2.05) is 0 Å². The molecular weight excluding hydrogens is 248 g/mol. The molecule has 2 aliphatic rings. The Balaban J connectivity index is 1.65. The zero-order chi connectivity index (χ0) is 14.0. The fourth-order valence-corrected chi connectivity index (χ4v) is 3.74. The molecule has 3 nitrogen and oxygen atoms in total. The number of benzene rings is 1.